The first kappa shape index (κ1) is 14.0. The maximum Gasteiger partial charge on any atom is 0.124 e. The molecule has 5 heteroatoms. The topological polar surface area (TPSA) is 55.7 Å². The molecule has 2 aliphatic rings. The van der Waals surface area contributed by atoms with E-state index in [1.54, 1.807) is 11.3 Å². The third-order valence-corrected chi connectivity index (χ3v) is 5.72. The highest BCUT2D eigenvalue weighted by Gasteiger charge is 2.30. The highest BCUT2D eigenvalue weighted by Crippen LogP contribution is 2.34. The molecule has 3 heterocycles. The van der Waals surface area contributed by atoms with Crippen molar-refractivity contribution in [2.75, 3.05) is 6.54 Å². The summed E-state index contributed by atoms with van der Waals surface area (Å²) < 4.78 is 0. The first-order chi connectivity index (χ1) is 10.8. The molecule has 1 saturated heterocycles. The van der Waals surface area contributed by atoms with Gasteiger partial charge in [0, 0.05) is 22.5 Å². The van der Waals surface area contributed by atoms with Crippen molar-refractivity contribution in [3.05, 3.63) is 39.1 Å². The second kappa shape index (κ2) is 5.86. The van der Waals surface area contributed by atoms with Gasteiger partial charge in [-0.3, -0.25) is 4.90 Å². The molecule has 114 valence electrons. The monoisotopic (exact) mass is 312 g/mol. The first-order valence-electron chi connectivity index (χ1n) is 8.12. The fraction of sp³-hybridized carbons (Fsp3) is 0.529. The van der Waals surface area contributed by atoms with Crippen LogP contribution in [0.25, 0.3) is 0 Å². The largest absolute Gasteiger partial charge is 0.344 e. The number of imidazole rings is 1. The quantitative estimate of drug-likeness (QED) is 0.943. The van der Waals surface area contributed by atoms with Gasteiger partial charge in [0.25, 0.3) is 0 Å². The average molecular weight is 312 g/mol. The van der Waals surface area contributed by atoms with Gasteiger partial charge in [-0.15, -0.1) is 11.3 Å². The van der Waals surface area contributed by atoms with E-state index in [4.69, 9.17) is 10.2 Å². The predicted octanol–water partition coefficient (Wildman–Crippen LogP) is 3.56. The number of thiophene rings is 1. The zero-order valence-electron chi connectivity index (χ0n) is 12.6. The molecule has 0 amide bonds. The van der Waals surface area contributed by atoms with Crippen LogP contribution in [0.4, 0.5) is 0 Å². The van der Waals surface area contributed by atoms with E-state index in [0.717, 1.165) is 31.5 Å². The minimum Gasteiger partial charge on any atom is -0.344 e. The molecule has 4 rings (SSSR count). The normalized spacial score (nSPS) is 21.7. The van der Waals surface area contributed by atoms with E-state index in [0.29, 0.717) is 6.04 Å². The summed E-state index contributed by atoms with van der Waals surface area (Å²) in [5.41, 5.74) is 3.45. The number of likely N-dealkylation sites (tertiary alicyclic amines) is 1. The Morgan fingerprint density at radius 1 is 1.36 bits per heavy atom. The van der Waals surface area contributed by atoms with Crippen molar-refractivity contribution in [2.45, 2.75) is 51.1 Å². The van der Waals surface area contributed by atoms with Crippen LogP contribution in [0.2, 0.25) is 0 Å². The van der Waals surface area contributed by atoms with Crippen molar-refractivity contribution >= 4 is 11.3 Å². The molecule has 1 aliphatic heterocycles. The molecule has 22 heavy (non-hydrogen) atoms. The highest BCUT2D eigenvalue weighted by molar-refractivity contribution is 7.10. The fourth-order valence-electron chi connectivity index (χ4n) is 3.68. The van der Waals surface area contributed by atoms with Crippen molar-refractivity contribution < 1.29 is 0 Å². The molecule has 0 radical (unpaired) electrons. The Kier molecular flexibility index (Phi) is 3.73. The lowest BCUT2D eigenvalue weighted by Crippen LogP contribution is -2.23. The van der Waals surface area contributed by atoms with E-state index >= 15 is 0 Å². The van der Waals surface area contributed by atoms with Gasteiger partial charge in [-0.1, -0.05) is 0 Å². The maximum atomic E-state index is 8.96. The van der Waals surface area contributed by atoms with Gasteiger partial charge in [0.15, 0.2) is 0 Å². The Bertz CT molecular complexity index is 685. The van der Waals surface area contributed by atoms with Gasteiger partial charge in [-0.25, -0.2) is 4.98 Å². The zero-order valence-corrected chi connectivity index (χ0v) is 13.5. The third-order valence-electron chi connectivity index (χ3n) is 4.79. The van der Waals surface area contributed by atoms with Crippen LogP contribution in [0, 0.1) is 11.3 Å². The summed E-state index contributed by atoms with van der Waals surface area (Å²) in [6, 6.07) is 4.66. The summed E-state index contributed by atoms with van der Waals surface area (Å²) in [6.45, 7) is 2.05. The van der Waals surface area contributed by atoms with Crippen LogP contribution in [0.5, 0.6) is 0 Å². The minimum atomic E-state index is 0.415. The smallest absolute Gasteiger partial charge is 0.124 e. The summed E-state index contributed by atoms with van der Waals surface area (Å²) in [6.07, 6.45) is 7.27. The number of aromatic nitrogens is 2. The minimum absolute atomic E-state index is 0.415. The van der Waals surface area contributed by atoms with Crippen LogP contribution in [-0.2, 0) is 19.4 Å². The summed E-state index contributed by atoms with van der Waals surface area (Å²) in [4.78, 5) is 12.3. The van der Waals surface area contributed by atoms with Crippen molar-refractivity contribution in [1.29, 1.82) is 5.26 Å². The van der Waals surface area contributed by atoms with Crippen molar-refractivity contribution in [1.82, 2.24) is 14.9 Å². The SMILES string of the molecule is N#Cc1csc(CN2CCC[C@H]2c2nc3c([nH]2)CCCC3)c1. The molecule has 0 aromatic carbocycles. The lowest BCUT2D eigenvalue weighted by molar-refractivity contribution is 0.243. The van der Waals surface area contributed by atoms with E-state index < -0.39 is 0 Å². The van der Waals surface area contributed by atoms with Crippen LogP contribution in [0.15, 0.2) is 11.4 Å². The van der Waals surface area contributed by atoms with Gasteiger partial charge in [0.1, 0.15) is 11.9 Å². The Morgan fingerprint density at radius 2 is 2.27 bits per heavy atom. The Balaban J connectivity index is 1.53. The molecule has 4 nitrogen and oxygen atoms in total. The van der Waals surface area contributed by atoms with E-state index in [1.807, 2.05) is 11.4 Å². The molecule has 0 unspecified atom stereocenters. The summed E-state index contributed by atoms with van der Waals surface area (Å²) in [5, 5.41) is 10.9. The molecular weight excluding hydrogens is 292 g/mol. The molecule has 1 N–H and O–H groups in total. The van der Waals surface area contributed by atoms with E-state index in [1.165, 1.54) is 47.8 Å². The van der Waals surface area contributed by atoms with Gasteiger partial charge < -0.3 is 4.98 Å². The van der Waals surface area contributed by atoms with Gasteiger partial charge in [-0.05, 0) is 51.1 Å². The number of hydrogen-bond acceptors (Lipinski definition) is 4. The molecule has 0 spiro atoms. The second-order valence-electron chi connectivity index (χ2n) is 6.30. The Hall–Kier alpha value is -1.64. The molecule has 1 aliphatic carbocycles. The molecule has 0 saturated carbocycles. The van der Waals surface area contributed by atoms with Crippen LogP contribution in [0.3, 0.4) is 0 Å². The van der Waals surface area contributed by atoms with E-state index in [9.17, 15) is 0 Å². The van der Waals surface area contributed by atoms with Gasteiger partial charge >= 0.3 is 0 Å². The lowest BCUT2D eigenvalue weighted by Gasteiger charge is -2.22. The second-order valence-corrected chi connectivity index (χ2v) is 7.29. The van der Waals surface area contributed by atoms with Crippen molar-refractivity contribution in [2.24, 2.45) is 0 Å². The first-order valence-corrected chi connectivity index (χ1v) is 9.00. The lowest BCUT2D eigenvalue weighted by atomic mass is 10.0. The number of H-pyrrole nitrogens is 1. The highest BCUT2D eigenvalue weighted by atomic mass is 32.1. The van der Waals surface area contributed by atoms with Crippen molar-refractivity contribution in [3.63, 3.8) is 0 Å². The van der Waals surface area contributed by atoms with Crippen LogP contribution < -0.4 is 0 Å². The summed E-state index contributed by atoms with van der Waals surface area (Å²) in [5.74, 6) is 1.17. The fourth-order valence-corrected chi connectivity index (χ4v) is 4.52. The summed E-state index contributed by atoms with van der Waals surface area (Å²) >= 11 is 1.69. The van der Waals surface area contributed by atoms with Crippen LogP contribution in [0.1, 0.15) is 59.4 Å². The Labute approximate surface area is 134 Å². The number of hydrogen-bond donors (Lipinski definition) is 1. The molecule has 1 fully saturated rings. The zero-order chi connectivity index (χ0) is 14.9. The number of fused-ring (bicyclic) bond motifs is 1. The van der Waals surface area contributed by atoms with E-state index in [2.05, 4.69) is 16.0 Å². The number of nitrogens with zero attached hydrogens (tertiary/aromatic N) is 3. The van der Waals surface area contributed by atoms with Crippen LogP contribution >= 0.6 is 11.3 Å². The maximum absolute atomic E-state index is 8.96. The number of rotatable bonds is 3. The van der Waals surface area contributed by atoms with Gasteiger partial charge in [0.05, 0.1) is 17.3 Å². The molecular formula is C17H20N4S. The van der Waals surface area contributed by atoms with E-state index in [-0.39, 0.29) is 0 Å². The Morgan fingerprint density at radius 3 is 3.09 bits per heavy atom. The summed E-state index contributed by atoms with van der Waals surface area (Å²) in [7, 11) is 0. The number of nitriles is 1. The van der Waals surface area contributed by atoms with Crippen LogP contribution in [-0.4, -0.2) is 21.4 Å². The van der Waals surface area contributed by atoms with Gasteiger partial charge in [-0.2, -0.15) is 5.26 Å². The average Bonchev–Trinajstić information content (AvgIpc) is 3.25. The molecule has 2 aromatic rings. The predicted molar refractivity (Wildman–Crippen MR) is 86.6 cm³/mol. The van der Waals surface area contributed by atoms with Crippen molar-refractivity contribution in [3.8, 4) is 6.07 Å². The molecule has 2 aromatic heterocycles. The number of nitrogens with one attached hydrogen (secondary N) is 1. The molecule has 1 atom stereocenters. The molecule has 0 bridgehead atoms. The number of aryl methyl sites for hydroxylation is 2. The third kappa shape index (κ3) is 2.57. The van der Waals surface area contributed by atoms with Gasteiger partial charge in [0.2, 0.25) is 0 Å². The number of aromatic amines is 1. The standard InChI is InChI=1S/C17H20N4S/c18-9-12-8-13(22-11-12)10-21-7-3-6-16(21)17-19-14-4-1-2-5-15(14)20-17/h8,11,16H,1-7,10H2,(H,19,20)/t16-/m0/s1.